The van der Waals surface area contributed by atoms with Crippen molar-refractivity contribution in [2.45, 2.75) is 38.9 Å². The predicted octanol–water partition coefficient (Wildman–Crippen LogP) is 5.69. The van der Waals surface area contributed by atoms with Gasteiger partial charge in [-0.15, -0.1) is 0 Å². The molecule has 208 valence electrons. The van der Waals surface area contributed by atoms with Crippen LogP contribution in [0.4, 0.5) is 5.69 Å². The number of hydrogen-bond acceptors (Lipinski definition) is 4. The number of benzene rings is 3. The van der Waals surface area contributed by atoms with Gasteiger partial charge in [-0.2, -0.15) is 0 Å². The molecule has 0 aromatic heterocycles. The van der Waals surface area contributed by atoms with E-state index >= 15 is 0 Å². The Balaban J connectivity index is 2.06. The first-order valence-electron chi connectivity index (χ1n) is 12.2. The first-order chi connectivity index (χ1) is 18.3. The number of nitrogens with zero attached hydrogens (tertiary/aromatic N) is 2. The number of anilines is 1. The van der Waals surface area contributed by atoms with Crippen LogP contribution in [0.2, 0.25) is 10.0 Å². The largest absolute Gasteiger partial charge is 0.352 e. The zero-order valence-electron chi connectivity index (χ0n) is 21.8. The summed E-state index contributed by atoms with van der Waals surface area (Å²) < 4.78 is 27.5. The van der Waals surface area contributed by atoms with E-state index < -0.39 is 28.5 Å². The molecule has 0 spiro atoms. The third-order valence-electron chi connectivity index (χ3n) is 5.84. The molecule has 0 aliphatic carbocycles. The van der Waals surface area contributed by atoms with Crippen molar-refractivity contribution in [1.82, 2.24) is 10.2 Å². The normalized spacial score (nSPS) is 12.2. The van der Waals surface area contributed by atoms with Crippen molar-refractivity contribution in [2.75, 3.05) is 17.1 Å². The molecule has 1 unspecified atom stereocenters. The zero-order valence-corrected chi connectivity index (χ0v) is 25.7. The average Bonchev–Trinajstić information content (AvgIpc) is 2.87. The Hall–Kier alpha value is -2.59. The number of rotatable bonds is 11. The summed E-state index contributed by atoms with van der Waals surface area (Å²) in [6, 6.07) is 20.0. The topological polar surface area (TPSA) is 86.8 Å². The van der Waals surface area contributed by atoms with Crippen LogP contribution >= 0.6 is 39.1 Å². The number of carbonyl (C=O) groups is 2. The lowest BCUT2D eigenvalue weighted by Crippen LogP contribution is -2.54. The Morgan fingerprint density at radius 3 is 2.13 bits per heavy atom. The van der Waals surface area contributed by atoms with E-state index in [9.17, 15) is 18.0 Å². The van der Waals surface area contributed by atoms with E-state index in [2.05, 4.69) is 21.2 Å². The van der Waals surface area contributed by atoms with Gasteiger partial charge in [-0.25, -0.2) is 8.42 Å². The summed E-state index contributed by atoms with van der Waals surface area (Å²) in [5, 5.41) is 3.33. The second kappa shape index (κ2) is 13.7. The number of nitrogens with one attached hydrogen (secondary N) is 1. The number of hydrogen-bond donors (Lipinski definition) is 1. The zero-order chi connectivity index (χ0) is 28.7. The molecule has 0 radical (unpaired) electrons. The maximum absolute atomic E-state index is 14.0. The van der Waals surface area contributed by atoms with Crippen LogP contribution < -0.4 is 9.62 Å². The van der Waals surface area contributed by atoms with Crippen molar-refractivity contribution >= 4 is 66.7 Å². The third kappa shape index (κ3) is 8.96. The van der Waals surface area contributed by atoms with Crippen LogP contribution in [-0.2, 0) is 32.6 Å². The molecule has 0 bridgehead atoms. The smallest absolute Gasteiger partial charge is 0.244 e. The fourth-order valence-corrected chi connectivity index (χ4v) is 5.37. The summed E-state index contributed by atoms with van der Waals surface area (Å²) in [5.41, 5.74) is 1.83. The molecule has 1 N–H and O–H groups in total. The van der Waals surface area contributed by atoms with Gasteiger partial charge in [0.05, 0.1) is 22.0 Å². The second-order valence-electron chi connectivity index (χ2n) is 9.38. The molecule has 0 aliphatic rings. The SMILES string of the molecule is CC(C)NC(=O)C(Cc1ccccc1)N(Cc1ccc(Br)cc1)C(=O)CN(c1ccc(Cl)c(Cl)c1)S(C)(=O)=O. The predicted molar refractivity (Wildman–Crippen MR) is 161 cm³/mol. The fourth-order valence-electron chi connectivity index (χ4n) is 3.98. The van der Waals surface area contributed by atoms with Crippen molar-refractivity contribution in [3.8, 4) is 0 Å². The molecule has 0 aliphatic heterocycles. The Bertz CT molecular complexity index is 1400. The van der Waals surface area contributed by atoms with Crippen molar-refractivity contribution in [3.05, 3.63) is 98.4 Å². The molecule has 7 nitrogen and oxygen atoms in total. The molecule has 1 atom stereocenters. The van der Waals surface area contributed by atoms with Crippen LogP contribution in [0.5, 0.6) is 0 Å². The quantitative estimate of drug-likeness (QED) is 0.288. The van der Waals surface area contributed by atoms with Gasteiger partial charge in [-0.3, -0.25) is 13.9 Å². The third-order valence-corrected chi connectivity index (χ3v) is 8.25. The monoisotopic (exact) mass is 653 g/mol. The molecular weight excluding hydrogens is 625 g/mol. The molecule has 2 amide bonds. The molecule has 0 saturated heterocycles. The van der Waals surface area contributed by atoms with E-state index in [1.807, 2.05) is 68.4 Å². The summed E-state index contributed by atoms with van der Waals surface area (Å²) in [6.07, 6.45) is 1.25. The van der Waals surface area contributed by atoms with Gasteiger partial charge in [0.25, 0.3) is 0 Å². The summed E-state index contributed by atoms with van der Waals surface area (Å²) in [5.74, 6) is -0.881. The van der Waals surface area contributed by atoms with Crippen LogP contribution in [-0.4, -0.2) is 50.0 Å². The van der Waals surface area contributed by atoms with E-state index in [4.69, 9.17) is 23.2 Å². The molecule has 0 fully saturated rings. The molecule has 3 aromatic rings. The van der Waals surface area contributed by atoms with Gasteiger partial charge in [0.15, 0.2) is 0 Å². The Morgan fingerprint density at radius 1 is 0.923 bits per heavy atom. The van der Waals surface area contributed by atoms with Gasteiger partial charge in [0.1, 0.15) is 12.6 Å². The second-order valence-corrected chi connectivity index (χ2v) is 13.0. The van der Waals surface area contributed by atoms with Gasteiger partial charge >= 0.3 is 0 Å². The van der Waals surface area contributed by atoms with Crippen molar-refractivity contribution in [1.29, 1.82) is 0 Å². The molecule has 11 heteroatoms. The molecule has 0 heterocycles. The van der Waals surface area contributed by atoms with E-state index in [0.717, 1.165) is 26.2 Å². The van der Waals surface area contributed by atoms with Crippen LogP contribution in [0, 0.1) is 0 Å². The van der Waals surface area contributed by atoms with Crippen molar-refractivity contribution in [3.63, 3.8) is 0 Å². The molecule has 39 heavy (non-hydrogen) atoms. The van der Waals surface area contributed by atoms with E-state index in [-0.39, 0.29) is 40.6 Å². The number of halogens is 3. The lowest BCUT2D eigenvalue weighted by atomic mass is 10.0. The Kier molecular flexibility index (Phi) is 10.8. The summed E-state index contributed by atoms with van der Waals surface area (Å²) >= 11 is 15.6. The van der Waals surface area contributed by atoms with E-state index in [1.54, 1.807) is 0 Å². The Morgan fingerprint density at radius 2 is 1.56 bits per heavy atom. The first kappa shape index (κ1) is 30.9. The highest BCUT2D eigenvalue weighted by molar-refractivity contribution is 9.10. The summed E-state index contributed by atoms with van der Waals surface area (Å²) in [6.45, 7) is 3.24. The Labute approximate surface area is 248 Å². The minimum absolute atomic E-state index is 0.0914. The summed E-state index contributed by atoms with van der Waals surface area (Å²) in [7, 11) is -3.90. The van der Waals surface area contributed by atoms with Gasteiger partial charge in [-0.1, -0.05) is 81.6 Å². The van der Waals surface area contributed by atoms with Crippen LogP contribution in [0.15, 0.2) is 77.3 Å². The average molecular weight is 655 g/mol. The van der Waals surface area contributed by atoms with Crippen LogP contribution in [0.1, 0.15) is 25.0 Å². The molecular formula is C28H30BrCl2N3O4S. The minimum Gasteiger partial charge on any atom is -0.352 e. The maximum atomic E-state index is 14.0. The highest BCUT2D eigenvalue weighted by Crippen LogP contribution is 2.29. The van der Waals surface area contributed by atoms with Crippen molar-refractivity contribution < 1.29 is 18.0 Å². The van der Waals surface area contributed by atoms with Crippen LogP contribution in [0.25, 0.3) is 0 Å². The number of carbonyl (C=O) groups excluding carboxylic acids is 2. The fraction of sp³-hybridized carbons (Fsp3) is 0.286. The highest BCUT2D eigenvalue weighted by atomic mass is 79.9. The number of amides is 2. The molecule has 0 saturated carbocycles. The van der Waals surface area contributed by atoms with E-state index in [0.29, 0.717) is 0 Å². The lowest BCUT2D eigenvalue weighted by Gasteiger charge is -2.34. The standard InChI is InChI=1S/C28H30BrCl2N3O4S/c1-19(2)32-28(36)26(15-20-7-5-4-6-8-20)33(17-21-9-11-22(29)12-10-21)27(35)18-34(39(3,37)38)23-13-14-24(30)25(31)16-23/h4-14,16,19,26H,15,17-18H2,1-3H3,(H,32,36). The van der Waals surface area contributed by atoms with E-state index in [1.165, 1.54) is 23.1 Å². The van der Waals surface area contributed by atoms with Crippen molar-refractivity contribution in [2.24, 2.45) is 0 Å². The summed E-state index contributed by atoms with van der Waals surface area (Å²) in [4.78, 5) is 28.9. The van der Waals surface area contributed by atoms with Gasteiger partial charge < -0.3 is 10.2 Å². The lowest BCUT2D eigenvalue weighted by molar-refractivity contribution is -0.140. The highest BCUT2D eigenvalue weighted by Gasteiger charge is 2.33. The van der Waals surface area contributed by atoms with Gasteiger partial charge in [0, 0.05) is 23.5 Å². The number of sulfonamides is 1. The first-order valence-corrected chi connectivity index (χ1v) is 15.6. The maximum Gasteiger partial charge on any atom is 0.244 e. The van der Waals surface area contributed by atoms with Crippen LogP contribution in [0.3, 0.4) is 0 Å². The van der Waals surface area contributed by atoms with Gasteiger partial charge in [0.2, 0.25) is 21.8 Å². The van der Waals surface area contributed by atoms with Gasteiger partial charge in [-0.05, 0) is 55.3 Å². The molecule has 3 rings (SSSR count). The molecule has 3 aromatic carbocycles. The minimum atomic E-state index is -3.90.